The lowest BCUT2D eigenvalue weighted by Crippen LogP contribution is -2.31. The van der Waals surface area contributed by atoms with E-state index in [0.29, 0.717) is 16.6 Å². The van der Waals surface area contributed by atoms with Crippen molar-refractivity contribution in [3.8, 4) is 0 Å². The van der Waals surface area contributed by atoms with Gasteiger partial charge in [0.2, 0.25) is 5.91 Å². The average molecular weight is 458 g/mol. The second-order valence-electron chi connectivity index (χ2n) is 6.89. The van der Waals surface area contributed by atoms with Gasteiger partial charge in [-0.3, -0.25) is 4.79 Å². The van der Waals surface area contributed by atoms with E-state index in [1.54, 1.807) is 62.0 Å². The van der Waals surface area contributed by atoms with Crippen molar-refractivity contribution in [2.24, 2.45) is 0 Å². The first kappa shape index (κ1) is 21.5. The number of nitrogens with zero attached hydrogens (tertiary/aromatic N) is 1. The Morgan fingerprint density at radius 2 is 1.86 bits per heavy atom. The van der Waals surface area contributed by atoms with Crippen molar-refractivity contribution in [3.05, 3.63) is 63.6 Å². The molecule has 2 aromatic rings. The molecule has 28 heavy (non-hydrogen) atoms. The quantitative estimate of drug-likeness (QED) is 0.634. The number of thioether (sulfide) groups is 1. The van der Waals surface area contributed by atoms with E-state index >= 15 is 0 Å². The van der Waals surface area contributed by atoms with Crippen LogP contribution < -0.4 is 0 Å². The summed E-state index contributed by atoms with van der Waals surface area (Å²) in [7, 11) is -3.32. The van der Waals surface area contributed by atoms with Crippen LogP contribution >= 0.6 is 35.0 Å². The van der Waals surface area contributed by atoms with E-state index in [9.17, 15) is 13.2 Å². The molecule has 0 radical (unpaired) electrons. The van der Waals surface area contributed by atoms with Crippen LogP contribution in [0.4, 0.5) is 0 Å². The fourth-order valence-electron chi connectivity index (χ4n) is 3.03. The highest BCUT2D eigenvalue weighted by Gasteiger charge is 2.32. The van der Waals surface area contributed by atoms with Gasteiger partial charge in [0.15, 0.2) is 9.84 Å². The van der Waals surface area contributed by atoms with Gasteiger partial charge in [-0.15, -0.1) is 11.8 Å². The number of carbonyl (C=O) groups is 1. The molecular formula is C20H21Cl2NO3S2. The molecule has 4 nitrogen and oxygen atoms in total. The van der Waals surface area contributed by atoms with Gasteiger partial charge < -0.3 is 4.90 Å². The van der Waals surface area contributed by atoms with Crippen LogP contribution in [0, 0.1) is 0 Å². The van der Waals surface area contributed by atoms with Crippen molar-refractivity contribution < 1.29 is 13.2 Å². The Morgan fingerprint density at radius 1 is 1.18 bits per heavy atom. The summed E-state index contributed by atoms with van der Waals surface area (Å²) in [4.78, 5) is 15.0. The zero-order valence-electron chi connectivity index (χ0n) is 15.6. The minimum Gasteiger partial charge on any atom is -0.325 e. The lowest BCUT2D eigenvalue weighted by Gasteiger charge is -2.25. The molecule has 0 saturated carbocycles. The molecule has 0 bridgehead atoms. The predicted molar refractivity (Wildman–Crippen MR) is 116 cm³/mol. The molecule has 1 amide bonds. The molecule has 8 heteroatoms. The molecule has 1 aliphatic heterocycles. The second kappa shape index (κ2) is 8.66. The molecule has 0 aromatic heterocycles. The van der Waals surface area contributed by atoms with E-state index in [0.717, 1.165) is 16.9 Å². The molecule has 0 spiro atoms. The summed E-state index contributed by atoms with van der Waals surface area (Å²) in [6.45, 7) is 3.95. The molecule has 3 rings (SSSR count). The predicted octanol–water partition coefficient (Wildman–Crippen LogP) is 4.99. The highest BCUT2D eigenvalue weighted by atomic mass is 35.5. The van der Waals surface area contributed by atoms with Crippen LogP contribution in [0.2, 0.25) is 10.0 Å². The first-order valence-corrected chi connectivity index (χ1v) is 12.2. The standard InChI is InChI=1S/C20H21Cl2NO3S2/c1-13(2)28(25,26)16-6-3-14(4-7-16)11-19(24)23-9-10-27-20(23)17-8-5-15(21)12-18(17)22/h3-8,12-13,20H,9-11H2,1-2H3. The number of carbonyl (C=O) groups excluding carboxylic acids is 1. The fourth-order valence-corrected chi connectivity index (χ4v) is 5.98. The largest absolute Gasteiger partial charge is 0.325 e. The summed E-state index contributed by atoms with van der Waals surface area (Å²) in [5.74, 6) is 0.821. The fraction of sp³-hybridized carbons (Fsp3) is 0.350. The molecule has 0 N–H and O–H groups in total. The van der Waals surface area contributed by atoms with E-state index in [2.05, 4.69) is 0 Å². The Bertz CT molecular complexity index is 975. The highest BCUT2D eigenvalue weighted by molar-refractivity contribution is 7.99. The third kappa shape index (κ3) is 4.51. The summed E-state index contributed by atoms with van der Waals surface area (Å²) >= 11 is 14.0. The maximum atomic E-state index is 12.9. The van der Waals surface area contributed by atoms with Gasteiger partial charge in [-0.05, 0) is 43.7 Å². The number of hydrogen-bond acceptors (Lipinski definition) is 4. The Hall–Kier alpha value is -1.21. The van der Waals surface area contributed by atoms with Crippen LogP contribution in [0.5, 0.6) is 0 Å². The number of rotatable bonds is 5. The molecular weight excluding hydrogens is 437 g/mol. The van der Waals surface area contributed by atoms with Crippen LogP contribution in [-0.2, 0) is 21.1 Å². The molecule has 1 heterocycles. The zero-order chi connectivity index (χ0) is 20.5. The Balaban J connectivity index is 1.75. The number of benzene rings is 2. The number of amides is 1. The molecule has 2 aromatic carbocycles. The summed E-state index contributed by atoms with van der Waals surface area (Å²) < 4.78 is 24.5. The van der Waals surface area contributed by atoms with Gasteiger partial charge >= 0.3 is 0 Å². The SMILES string of the molecule is CC(C)S(=O)(=O)c1ccc(CC(=O)N2CCSC2c2ccc(Cl)cc2Cl)cc1. The maximum Gasteiger partial charge on any atom is 0.228 e. The number of hydrogen-bond donors (Lipinski definition) is 0. The van der Waals surface area contributed by atoms with Crippen molar-refractivity contribution in [2.45, 2.75) is 35.8 Å². The number of sulfone groups is 1. The van der Waals surface area contributed by atoms with E-state index in [1.165, 1.54) is 0 Å². The lowest BCUT2D eigenvalue weighted by atomic mass is 10.1. The van der Waals surface area contributed by atoms with Gasteiger partial charge in [0.05, 0.1) is 16.6 Å². The van der Waals surface area contributed by atoms with E-state index in [1.807, 2.05) is 11.0 Å². The molecule has 1 atom stereocenters. The van der Waals surface area contributed by atoms with Crippen LogP contribution in [0.3, 0.4) is 0 Å². The molecule has 0 aliphatic carbocycles. The van der Waals surface area contributed by atoms with Crippen molar-refractivity contribution in [1.29, 1.82) is 0 Å². The van der Waals surface area contributed by atoms with E-state index in [-0.39, 0.29) is 22.6 Å². The maximum absolute atomic E-state index is 12.9. The zero-order valence-corrected chi connectivity index (χ0v) is 18.7. The van der Waals surface area contributed by atoms with Crippen molar-refractivity contribution in [2.75, 3.05) is 12.3 Å². The second-order valence-corrected chi connectivity index (χ2v) is 11.4. The van der Waals surface area contributed by atoms with Crippen LogP contribution in [0.25, 0.3) is 0 Å². The summed E-state index contributed by atoms with van der Waals surface area (Å²) in [6.07, 6.45) is 0.213. The Labute approximate surface area is 180 Å². The molecule has 1 fully saturated rings. The molecule has 1 unspecified atom stereocenters. The van der Waals surface area contributed by atoms with Crippen LogP contribution in [-0.4, -0.2) is 36.8 Å². The highest BCUT2D eigenvalue weighted by Crippen LogP contribution is 2.41. The average Bonchev–Trinajstić information content (AvgIpc) is 3.11. The monoisotopic (exact) mass is 457 g/mol. The normalized spacial score (nSPS) is 17.3. The van der Waals surface area contributed by atoms with Gasteiger partial charge in [0.25, 0.3) is 0 Å². The van der Waals surface area contributed by atoms with Crippen molar-refractivity contribution in [1.82, 2.24) is 4.90 Å². The van der Waals surface area contributed by atoms with Gasteiger partial charge in [0, 0.05) is 27.9 Å². The first-order chi connectivity index (χ1) is 13.2. The molecule has 150 valence electrons. The summed E-state index contributed by atoms with van der Waals surface area (Å²) in [6, 6.07) is 11.9. The van der Waals surface area contributed by atoms with Crippen molar-refractivity contribution in [3.63, 3.8) is 0 Å². The van der Waals surface area contributed by atoms with E-state index < -0.39 is 15.1 Å². The smallest absolute Gasteiger partial charge is 0.228 e. The molecule has 1 saturated heterocycles. The van der Waals surface area contributed by atoms with Crippen molar-refractivity contribution >= 4 is 50.7 Å². The van der Waals surface area contributed by atoms with Gasteiger partial charge in [0.1, 0.15) is 5.37 Å². The van der Waals surface area contributed by atoms with Crippen LogP contribution in [0.1, 0.15) is 30.3 Å². The minimum absolute atomic E-state index is 0.0134. The Morgan fingerprint density at radius 3 is 2.46 bits per heavy atom. The van der Waals surface area contributed by atoms with Gasteiger partial charge in [-0.25, -0.2) is 8.42 Å². The third-order valence-electron chi connectivity index (χ3n) is 4.67. The lowest BCUT2D eigenvalue weighted by molar-refractivity contribution is -0.130. The van der Waals surface area contributed by atoms with Crippen LogP contribution in [0.15, 0.2) is 47.4 Å². The van der Waals surface area contributed by atoms with E-state index in [4.69, 9.17) is 23.2 Å². The topological polar surface area (TPSA) is 54.5 Å². The van der Waals surface area contributed by atoms with Gasteiger partial charge in [-0.2, -0.15) is 0 Å². The molecule has 1 aliphatic rings. The summed E-state index contributed by atoms with van der Waals surface area (Å²) in [5.41, 5.74) is 1.66. The van der Waals surface area contributed by atoms with Gasteiger partial charge in [-0.1, -0.05) is 41.4 Å². The number of halogens is 2. The Kier molecular flexibility index (Phi) is 6.65. The summed E-state index contributed by atoms with van der Waals surface area (Å²) in [5, 5.41) is 0.489. The third-order valence-corrected chi connectivity index (χ3v) is 8.64. The minimum atomic E-state index is -3.32. The first-order valence-electron chi connectivity index (χ1n) is 8.89.